The average molecular weight is 217 g/mol. The quantitative estimate of drug-likeness (QED) is 0.621. The summed E-state index contributed by atoms with van der Waals surface area (Å²) in [4.78, 5) is 0. The van der Waals surface area contributed by atoms with Gasteiger partial charge >= 0.3 is 0 Å². The Morgan fingerprint density at radius 3 is 2.50 bits per heavy atom. The van der Waals surface area contributed by atoms with E-state index in [4.69, 9.17) is 4.74 Å². The fourth-order valence-corrected chi connectivity index (χ4v) is 1.07. The number of rotatable bonds is 4. The SMILES string of the molecule is C=C/C=C(\C=C)Oc1cccc(C)c1.CN. The summed E-state index contributed by atoms with van der Waals surface area (Å²) in [6.45, 7) is 9.29. The van der Waals surface area contributed by atoms with E-state index in [9.17, 15) is 0 Å². The van der Waals surface area contributed by atoms with Crippen LogP contribution in [0.1, 0.15) is 5.56 Å². The van der Waals surface area contributed by atoms with Crippen molar-refractivity contribution >= 4 is 0 Å². The zero-order valence-corrected chi connectivity index (χ0v) is 9.94. The minimum atomic E-state index is 0.700. The van der Waals surface area contributed by atoms with Gasteiger partial charge in [0.05, 0.1) is 0 Å². The summed E-state index contributed by atoms with van der Waals surface area (Å²) in [5.41, 5.74) is 5.67. The highest BCUT2D eigenvalue weighted by Gasteiger charge is 1.95. The first kappa shape index (κ1) is 14.2. The molecule has 0 aromatic heterocycles. The van der Waals surface area contributed by atoms with Crippen LogP contribution in [0.25, 0.3) is 0 Å². The standard InChI is InChI=1S/C13H14O.CH5N/c1-4-7-12(5-2)14-13-9-6-8-11(3)10-13;1-2/h4-10H,1-2H2,3H3;2H2,1H3/b12-7+;. The van der Waals surface area contributed by atoms with Gasteiger partial charge in [0.2, 0.25) is 0 Å². The highest BCUT2D eigenvalue weighted by atomic mass is 16.5. The van der Waals surface area contributed by atoms with E-state index >= 15 is 0 Å². The summed E-state index contributed by atoms with van der Waals surface area (Å²) >= 11 is 0. The van der Waals surface area contributed by atoms with Gasteiger partial charge in [-0.25, -0.2) is 0 Å². The van der Waals surface area contributed by atoms with Gasteiger partial charge in [0, 0.05) is 0 Å². The summed E-state index contributed by atoms with van der Waals surface area (Å²) in [6, 6.07) is 7.87. The normalized spacial score (nSPS) is 9.81. The molecule has 2 N–H and O–H groups in total. The van der Waals surface area contributed by atoms with E-state index in [0.29, 0.717) is 5.76 Å². The smallest absolute Gasteiger partial charge is 0.127 e. The largest absolute Gasteiger partial charge is 0.457 e. The maximum absolute atomic E-state index is 5.56. The molecule has 0 amide bonds. The zero-order valence-electron chi connectivity index (χ0n) is 9.94. The highest BCUT2D eigenvalue weighted by Crippen LogP contribution is 2.15. The molecule has 0 bridgehead atoms. The Kier molecular flexibility index (Phi) is 7.55. The van der Waals surface area contributed by atoms with E-state index in [0.717, 1.165) is 5.75 Å². The molecule has 0 heterocycles. The van der Waals surface area contributed by atoms with Crippen LogP contribution in [0.4, 0.5) is 0 Å². The summed E-state index contributed by atoms with van der Waals surface area (Å²) in [5, 5.41) is 0. The van der Waals surface area contributed by atoms with Gasteiger partial charge in [-0.05, 0) is 43.8 Å². The number of aryl methyl sites for hydroxylation is 1. The first-order valence-corrected chi connectivity index (χ1v) is 5.03. The van der Waals surface area contributed by atoms with Crippen LogP contribution in [-0.4, -0.2) is 7.05 Å². The van der Waals surface area contributed by atoms with Gasteiger partial charge in [-0.2, -0.15) is 0 Å². The first-order valence-electron chi connectivity index (χ1n) is 5.03. The van der Waals surface area contributed by atoms with E-state index in [2.05, 4.69) is 18.9 Å². The van der Waals surface area contributed by atoms with Crippen molar-refractivity contribution in [2.45, 2.75) is 6.92 Å². The number of hydrogen-bond acceptors (Lipinski definition) is 2. The fourth-order valence-electron chi connectivity index (χ4n) is 1.07. The van der Waals surface area contributed by atoms with Crippen molar-refractivity contribution in [2.75, 3.05) is 7.05 Å². The number of ether oxygens (including phenoxy) is 1. The number of hydrogen-bond donors (Lipinski definition) is 1. The molecule has 16 heavy (non-hydrogen) atoms. The van der Waals surface area contributed by atoms with Crippen molar-refractivity contribution in [1.29, 1.82) is 0 Å². The second-order valence-corrected chi connectivity index (χ2v) is 2.93. The predicted octanol–water partition coefficient (Wildman–Crippen LogP) is 3.20. The second-order valence-electron chi connectivity index (χ2n) is 2.93. The summed E-state index contributed by atoms with van der Waals surface area (Å²) < 4.78 is 5.56. The van der Waals surface area contributed by atoms with Crippen LogP contribution in [0.2, 0.25) is 0 Å². The molecule has 0 unspecified atom stereocenters. The molecule has 1 aromatic carbocycles. The first-order chi connectivity index (χ1) is 7.76. The molecule has 1 rings (SSSR count). The minimum absolute atomic E-state index is 0.700. The van der Waals surface area contributed by atoms with Gasteiger partial charge in [0.1, 0.15) is 11.5 Å². The van der Waals surface area contributed by atoms with E-state index < -0.39 is 0 Å². The van der Waals surface area contributed by atoms with E-state index in [1.807, 2.05) is 31.2 Å². The lowest BCUT2D eigenvalue weighted by Gasteiger charge is -2.05. The topological polar surface area (TPSA) is 35.2 Å². The number of allylic oxidation sites excluding steroid dienone is 3. The Hall–Kier alpha value is -1.80. The maximum atomic E-state index is 5.56. The summed E-state index contributed by atoms with van der Waals surface area (Å²) in [6.07, 6.45) is 5.10. The Balaban J connectivity index is 0.00000106. The molecule has 0 aliphatic carbocycles. The molecule has 1 aromatic rings. The third kappa shape index (κ3) is 5.17. The molecule has 2 nitrogen and oxygen atoms in total. The van der Waals surface area contributed by atoms with Crippen LogP contribution in [0, 0.1) is 6.92 Å². The zero-order chi connectivity index (χ0) is 12.4. The van der Waals surface area contributed by atoms with E-state index in [-0.39, 0.29) is 0 Å². The molecule has 0 radical (unpaired) electrons. The van der Waals surface area contributed by atoms with Crippen molar-refractivity contribution in [1.82, 2.24) is 0 Å². The van der Waals surface area contributed by atoms with Crippen molar-refractivity contribution in [3.8, 4) is 5.75 Å². The minimum Gasteiger partial charge on any atom is -0.457 e. The van der Waals surface area contributed by atoms with Crippen LogP contribution in [0.3, 0.4) is 0 Å². The predicted molar refractivity (Wildman–Crippen MR) is 70.4 cm³/mol. The van der Waals surface area contributed by atoms with Gasteiger partial charge in [0.15, 0.2) is 0 Å². The fraction of sp³-hybridized carbons (Fsp3) is 0.143. The lowest BCUT2D eigenvalue weighted by atomic mass is 10.2. The molecule has 0 fully saturated rings. The van der Waals surface area contributed by atoms with Crippen molar-refractivity contribution in [3.63, 3.8) is 0 Å². The number of benzene rings is 1. The molecule has 0 aliphatic heterocycles. The third-order valence-electron chi connectivity index (χ3n) is 1.71. The Morgan fingerprint density at radius 1 is 1.31 bits per heavy atom. The van der Waals surface area contributed by atoms with E-state index in [1.165, 1.54) is 12.6 Å². The highest BCUT2D eigenvalue weighted by molar-refractivity contribution is 5.31. The van der Waals surface area contributed by atoms with E-state index in [1.54, 1.807) is 18.2 Å². The summed E-state index contributed by atoms with van der Waals surface area (Å²) in [5.74, 6) is 1.52. The molecule has 0 spiro atoms. The van der Waals surface area contributed by atoms with Gasteiger partial charge < -0.3 is 10.5 Å². The van der Waals surface area contributed by atoms with Gasteiger partial charge in [-0.15, -0.1) is 0 Å². The van der Waals surface area contributed by atoms with Crippen LogP contribution < -0.4 is 10.5 Å². The lowest BCUT2D eigenvalue weighted by molar-refractivity contribution is 0.444. The summed E-state index contributed by atoms with van der Waals surface area (Å²) in [7, 11) is 1.50. The monoisotopic (exact) mass is 217 g/mol. The van der Waals surface area contributed by atoms with Crippen LogP contribution in [0.5, 0.6) is 5.75 Å². The number of nitrogens with two attached hydrogens (primary N) is 1. The molecular formula is C14H19NO. The Morgan fingerprint density at radius 2 is 2.00 bits per heavy atom. The molecule has 0 saturated heterocycles. The molecule has 0 saturated carbocycles. The molecule has 0 aliphatic rings. The van der Waals surface area contributed by atoms with Crippen molar-refractivity contribution in [3.05, 3.63) is 67.0 Å². The Bertz CT molecular complexity index is 367. The van der Waals surface area contributed by atoms with Crippen LogP contribution in [0.15, 0.2) is 61.4 Å². The molecular weight excluding hydrogens is 198 g/mol. The van der Waals surface area contributed by atoms with Crippen molar-refractivity contribution < 1.29 is 4.74 Å². The molecule has 86 valence electrons. The van der Waals surface area contributed by atoms with Crippen LogP contribution in [-0.2, 0) is 0 Å². The molecule has 2 heteroatoms. The van der Waals surface area contributed by atoms with Crippen LogP contribution >= 0.6 is 0 Å². The Labute approximate surface area is 97.7 Å². The van der Waals surface area contributed by atoms with Gasteiger partial charge in [-0.1, -0.05) is 31.4 Å². The molecule has 0 atom stereocenters. The van der Waals surface area contributed by atoms with Gasteiger partial charge in [-0.3, -0.25) is 0 Å². The van der Waals surface area contributed by atoms with Crippen molar-refractivity contribution in [2.24, 2.45) is 5.73 Å². The lowest BCUT2D eigenvalue weighted by Crippen LogP contribution is -1.91. The van der Waals surface area contributed by atoms with Gasteiger partial charge in [0.25, 0.3) is 0 Å². The maximum Gasteiger partial charge on any atom is 0.127 e. The second kappa shape index (κ2) is 8.50. The average Bonchev–Trinajstić information content (AvgIpc) is 2.31. The third-order valence-corrected chi connectivity index (χ3v) is 1.71.